The second-order valence-corrected chi connectivity index (χ2v) is 10.1. The molecule has 2 saturated carbocycles. The van der Waals surface area contributed by atoms with Crippen molar-refractivity contribution >= 4 is 11.7 Å². The summed E-state index contributed by atoms with van der Waals surface area (Å²) >= 11 is 0. The molecule has 3 aliphatic rings. The number of Topliss-reactive ketones (excluding diaryl/α,β-unsaturated/α-hetero) is 1. The molecular weight excluding hydrogens is 410 g/mol. The van der Waals surface area contributed by atoms with Crippen molar-refractivity contribution in [3.63, 3.8) is 0 Å². The maximum absolute atomic E-state index is 14.4. The minimum Gasteiger partial charge on any atom is -0.337 e. The molecule has 0 radical (unpaired) electrons. The van der Waals surface area contributed by atoms with Crippen molar-refractivity contribution in [3.8, 4) is 0 Å². The Morgan fingerprint density at radius 3 is 2.41 bits per heavy atom. The summed E-state index contributed by atoms with van der Waals surface area (Å²) in [5.74, 6) is -0.497. The fourth-order valence-corrected chi connectivity index (χ4v) is 5.89. The van der Waals surface area contributed by atoms with E-state index in [-0.39, 0.29) is 30.0 Å². The lowest BCUT2D eigenvalue weighted by Gasteiger charge is -2.41. The lowest BCUT2D eigenvalue weighted by atomic mass is 9.91. The van der Waals surface area contributed by atoms with E-state index in [2.05, 4.69) is 11.8 Å². The summed E-state index contributed by atoms with van der Waals surface area (Å²) in [4.78, 5) is 29.8. The van der Waals surface area contributed by atoms with Gasteiger partial charge in [0, 0.05) is 50.5 Å². The third kappa shape index (κ3) is 5.05. The number of hydrogen-bond donors (Lipinski definition) is 0. The summed E-state index contributed by atoms with van der Waals surface area (Å²) in [7, 11) is 0. The largest absolute Gasteiger partial charge is 0.337 e. The summed E-state index contributed by atoms with van der Waals surface area (Å²) in [5.41, 5.74) is 2.47. The van der Waals surface area contributed by atoms with Crippen molar-refractivity contribution in [1.82, 2.24) is 9.80 Å². The molecule has 3 atom stereocenters. The highest BCUT2D eigenvalue weighted by Gasteiger charge is 2.34. The quantitative estimate of drug-likeness (QED) is 0.641. The summed E-state index contributed by atoms with van der Waals surface area (Å²) in [6.45, 7) is 6.84. The number of ketones is 1. The first-order chi connectivity index (χ1) is 15.3. The summed E-state index contributed by atoms with van der Waals surface area (Å²) in [6.07, 6.45) is 5.18. The van der Waals surface area contributed by atoms with E-state index < -0.39 is 12.1 Å². The van der Waals surface area contributed by atoms with Gasteiger partial charge < -0.3 is 4.90 Å². The van der Waals surface area contributed by atoms with E-state index in [0.29, 0.717) is 37.4 Å². The van der Waals surface area contributed by atoms with E-state index in [0.717, 1.165) is 56.3 Å². The number of alkyl halides is 1. The number of hydrogen-bond acceptors (Lipinski definition) is 3. The van der Waals surface area contributed by atoms with Gasteiger partial charge in [-0.15, -0.1) is 0 Å². The lowest BCUT2D eigenvalue weighted by Crippen LogP contribution is -2.54. The Kier molecular flexibility index (Phi) is 7.28. The van der Waals surface area contributed by atoms with Gasteiger partial charge >= 0.3 is 0 Å². The monoisotopic (exact) mass is 446 g/mol. The zero-order valence-electron chi connectivity index (χ0n) is 19.4. The van der Waals surface area contributed by atoms with E-state index in [9.17, 15) is 18.4 Å². The van der Waals surface area contributed by atoms with Gasteiger partial charge in [0.05, 0.1) is 0 Å². The normalized spacial score (nSPS) is 27.2. The molecule has 176 valence electrons. The summed E-state index contributed by atoms with van der Waals surface area (Å²) in [5, 5.41) is 0. The van der Waals surface area contributed by atoms with Crippen LogP contribution in [0.25, 0.3) is 0 Å². The Bertz CT molecular complexity index is 852. The first kappa shape index (κ1) is 23.3. The lowest BCUT2D eigenvalue weighted by molar-refractivity contribution is -0.140. The van der Waals surface area contributed by atoms with E-state index in [1.165, 1.54) is 6.07 Å². The average Bonchev–Trinajstić information content (AvgIpc) is 3.43. The molecule has 1 aromatic carbocycles. The molecule has 3 fully saturated rings. The molecule has 2 unspecified atom stereocenters. The van der Waals surface area contributed by atoms with E-state index in [1.807, 2.05) is 11.8 Å². The SMILES string of the molecule is Cc1c(CC(=O)C2CCCC2F)cc(F)cc1CN1CCN(C(=O)C2CCCC2)[C@@H](C)C1. The number of halogens is 2. The highest BCUT2D eigenvalue weighted by molar-refractivity contribution is 5.84. The second-order valence-electron chi connectivity index (χ2n) is 10.1. The van der Waals surface area contributed by atoms with Crippen molar-refractivity contribution in [2.45, 2.75) is 84.0 Å². The number of piperazine rings is 1. The van der Waals surface area contributed by atoms with Crippen LogP contribution >= 0.6 is 0 Å². The average molecular weight is 447 g/mol. The fourth-order valence-electron chi connectivity index (χ4n) is 5.89. The molecule has 0 aromatic heterocycles. The van der Waals surface area contributed by atoms with Crippen LogP contribution in [0.2, 0.25) is 0 Å². The van der Waals surface area contributed by atoms with E-state index >= 15 is 0 Å². The topological polar surface area (TPSA) is 40.6 Å². The minimum atomic E-state index is -1.06. The molecule has 1 heterocycles. The molecule has 4 nitrogen and oxygen atoms in total. The number of amides is 1. The molecule has 1 saturated heterocycles. The maximum atomic E-state index is 14.4. The first-order valence-electron chi connectivity index (χ1n) is 12.3. The molecular formula is C26H36F2N2O2. The second kappa shape index (κ2) is 9.98. The number of rotatable bonds is 6. The van der Waals surface area contributed by atoms with Crippen LogP contribution in [0.1, 0.15) is 68.6 Å². The Labute approximate surface area is 190 Å². The molecule has 0 N–H and O–H groups in total. The van der Waals surface area contributed by atoms with Gasteiger partial charge in [-0.3, -0.25) is 14.5 Å². The molecule has 0 spiro atoms. The summed E-state index contributed by atoms with van der Waals surface area (Å²) < 4.78 is 28.4. The van der Waals surface area contributed by atoms with Crippen molar-refractivity contribution < 1.29 is 18.4 Å². The Morgan fingerprint density at radius 2 is 1.75 bits per heavy atom. The van der Waals surface area contributed by atoms with Gasteiger partial charge in [-0.05, 0) is 74.8 Å². The van der Waals surface area contributed by atoms with Crippen LogP contribution in [0.3, 0.4) is 0 Å². The molecule has 1 aromatic rings. The molecule has 2 aliphatic carbocycles. The van der Waals surface area contributed by atoms with Gasteiger partial charge in [0.25, 0.3) is 0 Å². The van der Waals surface area contributed by atoms with Gasteiger partial charge in [0.15, 0.2) is 0 Å². The van der Waals surface area contributed by atoms with Gasteiger partial charge in [0.2, 0.25) is 5.91 Å². The molecule has 6 heteroatoms. The van der Waals surface area contributed by atoms with Crippen LogP contribution in [0, 0.1) is 24.6 Å². The predicted octanol–water partition coefficient (Wildman–Crippen LogP) is 4.61. The van der Waals surface area contributed by atoms with Crippen molar-refractivity contribution in [3.05, 3.63) is 34.6 Å². The molecule has 4 rings (SSSR count). The Balaban J connectivity index is 1.40. The van der Waals surface area contributed by atoms with Crippen LogP contribution in [0.15, 0.2) is 12.1 Å². The summed E-state index contributed by atoms with van der Waals surface area (Å²) in [6, 6.07) is 3.12. The van der Waals surface area contributed by atoms with Gasteiger partial charge in [-0.2, -0.15) is 0 Å². The van der Waals surface area contributed by atoms with Gasteiger partial charge in [-0.1, -0.05) is 12.8 Å². The molecule has 1 aliphatic heterocycles. The number of benzene rings is 1. The van der Waals surface area contributed by atoms with Crippen LogP contribution < -0.4 is 0 Å². The van der Waals surface area contributed by atoms with Crippen LogP contribution in [-0.4, -0.2) is 53.3 Å². The predicted molar refractivity (Wildman–Crippen MR) is 120 cm³/mol. The van der Waals surface area contributed by atoms with Crippen molar-refractivity contribution in [2.24, 2.45) is 11.8 Å². The highest BCUT2D eigenvalue weighted by atomic mass is 19.1. The number of carbonyl (C=O) groups is 2. The van der Waals surface area contributed by atoms with Crippen molar-refractivity contribution in [1.29, 1.82) is 0 Å². The van der Waals surface area contributed by atoms with Gasteiger partial charge in [-0.25, -0.2) is 8.78 Å². The molecule has 0 bridgehead atoms. The third-order valence-corrected chi connectivity index (χ3v) is 7.89. The number of nitrogens with zero attached hydrogens (tertiary/aromatic N) is 2. The van der Waals surface area contributed by atoms with Crippen LogP contribution in [-0.2, 0) is 22.6 Å². The zero-order chi connectivity index (χ0) is 22.8. The fraction of sp³-hybridized carbons (Fsp3) is 0.692. The van der Waals surface area contributed by atoms with Crippen molar-refractivity contribution in [2.75, 3.05) is 19.6 Å². The highest BCUT2D eigenvalue weighted by Crippen LogP contribution is 2.31. The number of carbonyl (C=O) groups excluding carboxylic acids is 2. The van der Waals surface area contributed by atoms with Crippen LogP contribution in [0.5, 0.6) is 0 Å². The minimum absolute atomic E-state index is 0.0990. The third-order valence-electron chi connectivity index (χ3n) is 7.89. The van der Waals surface area contributed by atoms with E-state index in [4.69, 9.17) is 0 Å². The zero-order valence-corrected chi connectivity index (χ0v) is 19.4. The Hall–Kier alpha value is -1.82. The first-order valence-corrected chi connectivity index (χ1v) is 12.3. The van der Waals surface area contributed by atoms with Crippen LogP contribution in [0.4, 0.5) is 8.78 Å². The molecule has 1 amide bonds. The Morgan fingerprint density at radius 1 is 1.03 bits per heavy atom. The van der Waals surface area contributed by atoms with Gasteiger partial charge in [0.1, 0.15) is 17.8 Å². The van der Waals surface area contributed by atoms with E-state index in [1.54, 1.807) is 6.07 Å². The standard InChI is InChI=1S/C26H36F2N2O2/c1-17-15-29(10-11-30(17)26(32)19-6-3-4-7-19)16-21-13-22(27)12-20(18(21)2)14-25(31)23-8-5-9-24(23)28/h12-13,17,19,23-24H,3-11,14-16H2,1-2H3/t17-,23?,24?/m0/s1. The maximum Gasteiger partial charge on any atom is 0.226 e. The smallest absolute Gasteiger partial charge is 0.226 e. The molecule has 32 heavy (non-hydrogen) atoms.